The first-order valence-corrected chi connectivity index (χ1v) is 7.85. The molecule has 1 fully saturated rings. The molecule has 1 aromatic rings. The quantitative estimate of drug-likeness (QED) is 0.900. The summed E-state index contributed by atoms with van der Waals surface area (Å²) in [4.78, 5) is 0. The summed E-state index contributed by atoms with van der Waals surface area (Å²) in [6.07, 6.45) is 0.699. The van der Waals surface area contributed by atoms with Gasteiger partial charge >= 0.3 is 0 Å². The average molecular weight is 268 g/mol. The highest BCUT2D eigenvalue weighted by Crippen LogP contribution is 2.25. The van der Waals surface area contributed by atoms with E-state index in [1.807, 2.05) is 38.1 Å². The Hall–Kier alpha value is -1.07. The Morgan fingerprint density at radius 2 is 2.11 bits per heavy atom. The Balaban J connectivity index is 2.37. The van der Waals surface area contributed by atoms with Crippen molar-refractivity contribution in [2.24, 2.45) is 0 Å². The molecule has 0 bridgehead atoms. The molecule has 18 heavy (non-hydrogen) atoms. The highest BCUT2D eigenvalue weighted by atomic mass is 32.2. The molecule has 1 saturated heterocycles. The van der Waals surface area contributed by atoms with Gasteiger partial charge in [-0.1, -0.05) is 18.2 Å². The molecule has 0 spiro atoms. The van der Waals surface area contributed by atoms with Crippen molar-refractivity contribution in [3.8, 4) is 0 Å². The molecule has 4 nitrogen and oxygen atoms in total. The van der Waals surface area contributed by atoms with Crippen LogP contribution in [0.5, 0.6) is 0 Å². The lowest BCUT2D eigenvalue weighted by molar-refractivity contribution is 0.578. The molecule has 1 aliphatic rings. The zero-order valence-corrected chi connectivity index (χ0v) is 11.7. The van der Waals surface area contributed by atoms with Crippen LogP contribution in [-0.2, 0) is 10.0 Å². The molecule has 1 atom stereocenters. The number of rotatable bonds is 4. The van der Waals surface area contributed by atoms with E-state index in [1.54, 1.807) is 4.31 Å². The first-order chi connectivity index (χ1) is 8.57. The SMILES string of the molecule is CCN(c1ccccc1C)S(=O)(=O)C1CCNC1. The van der Waals surface area contributed by atoms with Crippen molar-refractivity contribution in [2.75, 3.05) is 23.9 Å². The fourth-order valence-electron chi connectivity index (χ4n) is 2.39. The van der Waals surface area contributed by atoms with Gasteiger partial charge in [0.2, 0.25) is 10.0 Å². The minimum absolute atomic E-state index is 0.294. The van der Waals surface area contributed by atoms with Gasteiger partial charge in [-0.05, 0) is 38.4 Å². The summed E-state index contributed by atoms with van der Waals surface area (Å²) in [5.74, 6) is 0. The number of anilines is 1. The normalized spacial score (nSPS) is 20.0. The third-order valence-corrected chi connectivity index (χ3v) is 5.73. The third kappa shape index (κ3) is 2.37. The molecule has 2 rings (SSSR count). The van der Waals surface area contributed by atoms with Gasteiger partial charge in [0, 0.05) is 13.1 Å². The van der Waals surface area contributed by atoms with Gasteiger partial charge in [0.05, 0.1) is 10.9 Å². The van der Waals surface area contributed by atoms with Crippen LogP contribution in [0, 0.1) is 6.92 Å². The van der Waals surface area contributed by atoms with Crippen LogP contribution in [0.25, 0.3) is 0 Å². The van der Waals surface area contributed by atoms with E-state index < -0.39 is 10.0 Å². The molecular weight excluding hydrogens is 248 g/mol. The van der Waals surface area contributed by atoms with Crippen LogP contribution in [-0.4, -0.2) is 33.3 Å². The third-order valence-electron chi connectivity index (χ3n) is 3.41. The van der Waals surface area contributed by atoms with Crippen LogP contribution < -0.4 is 9.62 Å². The van der Waals surface area contributed by atoms with Gasteiger partial charge in [-0.3, -0.25) is 4.31 Å². The van der Waals surface area contributed by atoms with Crippen molar-refractivity contribution < 1.29 is 8.42 Å². The van der Waals surface area contributed by atoms with Crippen molar-refractivity contribution in [2.45, 2.75) is 25.5 Å². The Morgan fingerprint density at radius 3 is 2.67 bits per heavy atom. The van der Waals surface area contributed by atoms with E-state index >= 15 is 0 Å². The maximum Gasteiger partial charge on any atom is 0.239 e. The van der Waals surface area contributed by atoms with Gasteiger partial charge in [-0.15, -0.1) is 0 Å². The number of para-hydroxylation sites is 1. The van der Waals surface area contributed by atoms with Crippen molar-refractivity contribution >= 4 is 15.7 Å². The predicted molar refractivity (Wildman–Crippen MR) is 74.4 cm³/mol. The molecule has 5 heteroatoms. The monoisotopic (exact) mass is 268 g/mol. The van der Waals surface area contributed by atoms with Gasteiger partial charge in [0.1, 0.15) is 0 Å². The van der Waals surface area contributed by atoms with Gasteiger partial charge in [-0.25, -0.2) is 8.42 Å². The number of hydrogen-bond donors (Lipinski definition) is 1. The largest absolute Gasteiger partial charge is 0.315 e. The van der Waals surface area contributed by atoms with E-state index in [4.69, 9.17) is 0 Å². The summed E-state index contributed by atoms with van der Waals surface area (Å²) in [5, 5.41) is 2.82. The Morgan fingerprint density at radius 1 is 1.39 bits per heavy atom. The first-order valence-electron chi connectivity index (χ1n) is 6.35. The summed E-state index contributed by atoms with van der Waals surface area (Å²) in [6, 6.07) is 7.63. The van der Waals surface area contributed by atoms with E-state index in [1.165, 1.54) is 0 Å². The highest BCUT2D eigenvalue weighted by Gasteiger charge is 2.33. The maximum atomic E-state index is 12.6. The lowest BCUT2D eigenvalue weighted by Crippen LogP contribution is -2.40. The van der Waals surface area contributed by atoms with Crippen LogP contribution in [0.1, 0.15) is 18.9 Å². The average Bonchev–Trinajstić information content (AvgIpc) is 2.86. The van der Waals surface area contributed by atoms with Gasteiger partial charge in [-0.2, -0.15) is 0 Å². The second-order valence-corrected chi connectivity index (χ2v) is 6.75. The highest BCUT2D eigenvalue weighted by molar-refractivity contribution is 7.93. The van der Waals surface area contributed by atoms with Crippen molar-refractivity contribution in [1.82, 2.24) is 5.32 Å². The maximum absolute atomic E-state index is 12.6. The number of benzene rings is 1. The molecule has 100 valence electrons. The molecule has 1 N–H and O–H groups in total. The Labute approximate surface area is 109 Å². The smallest absolute Gasteiger partial charge is 0.239 e. The van der Waals surface area contributed by atoms with E-state index in [0.717, 1.165) is 17.8 Å². The fraction of sp³-hybridized carbons (Fsp3) is 0.538. The summed E-state index contributed by atoms with van der Waals surface area (Å²) in [5.41, 5.74) is 1.79. The number of aryl methyl sites for hydroxylation is 1. The topological polar surface area (TPSA) is 49.4 Å². The van der Waals surface area contributed by atoms with Crippen molar-refractivity contribution in [3.63, 3.8) is 0 Å². The Bertz CT molecular complexity index is 507. The van der Waals surface area contributed by atoms with Crippen LogP contribution in [0.4, 0.5) is 5.69 Å². The van der Waals surface area contributed by atoms with E-state index in [2.05, 4.69) is 5.32 Å². The number of nitrogens with one attached hydrogen (secondary N) is 1. The molecule has 1 unspecified atom stereocenters. The summed E-state index contributed by atoms with van der Waals surface area (Å²) >= 11 is 0. The molecular formula is C13H20N2O2S. The summed E-state index contributed by atoms with van der Waals surface area (Å²) in [6.45, 7) is 5.65. The molecule has 0 radical (unpaired) electrons. The zero-order chi connectivity index (χ0) is 13.2. The minimum Gasteiger partial charge on any atom is -0.315 e. The number of nitrogens with zero attached hydrogens (tertiary/aromatic N) is 1. The lowest BCUT2D eigenvalue weighted by Gasteiger charge is -2.27. The van der Waals surface area contributed by atoms with Gasteiger partial charge in [0.15, 0.2) is 0 Å². The second kappa shape index (κ2) is 5.28. The summed E-state index contributed by atoms with van der Waals surface area (Å²) in [7, 11) is -3.26. The predicted octanol–water partition coefficient (Wildman–Crippen LogP) is 1.51. The van der Waals surface area contributed by atoms with Crippen molar-refractivity contribution in [1.29, 1.82) is 0 Å². The molecule has 0 aliphatic carbocycles. The van der Waals surface area contributed by atoms with Crippen LogP contribution in [0.2, 0.25) is 0 Å². The van der Waals surface area contributed by atoms with E-state index in [9.17, 15) is 8.42 Å². The molecule has 1 heterocycles. The minimum atomic E-state index is -3.26. The van der Waals surface area contributed by atoms with Crippen LogP contribution in [0.15, 0.2) is 24.3 Å². The second-order valence-electron chi connectivity index (χ2n) is 4.61. The van der Waals surface area contributed by atoms with Crippen molar-refractivity contribution in [3.05, 3.63) is 29.8 Å². The summed E-state index contributed by atoms with van der Waals surface area (Å²) < 4.78 is 26.7. The molecule has 1 aliphatic heterocycles. The van der Waals surface area contributed by atoms with Crippen LogP contribution in [0.3, 0.4) is 0 Å². The fourth-order valence-corrected chi connectivity index (χ4v) is 4.34. The van der Waals surface area contributed by atoms with Crippen LogP contribution >= 0.6 is 0 Å². The molecule has 0 aromatic heterocycles. The van der Waals surface area contributed by atoms with E-state index in [0.29, 0.717) is 19.5 Å². The first kappa shape index (κ1) is 13.4. The number of sulfonamides is 1. The standard InChI is InChI=1S/C13H20N2O2S/c1-3-15(13-7-5-4-6-11(13)2)18(16,17)12-8-9-14-10-12/h4-7,12,14H,3,8-10H2,1-2H3. The lowest BCUT2D eigenvalue weighted by atomic mass is 10.2. The van der Waals surface area contributed by atoms with Gasteiger partial charge in [0.25, 0.3) is 0 Å². The van der Waals surface area contributed by atoms with E-state index in [-0.39, 0.29) is 5.25 Å². The zero-order valence-electron chi connectivity index (χ0n) is 10.9. The Kier molecular flexibility index (Phi) is 3.92. The molecule has 0 amide bonds. The molecule has 0 saturated carbocycles. The number of hydrogen-bond acceptors (Lipinski definition) is 3. The van der Waals surface area contributed by atoms with Gasteiger partial charge < -0.3 is 5.32 Å². The molecule has 1 aromatic carbocycles.